The summed E-state index contributed by atoms with van der Waals surface area (Å²) < 4.78 is 20.2. The monoisotopic (exact) mass is 234 g/mol. The lowest BCUT2D eigenvalue weighted by atomic mass is 10.5. The van der Waals surface area contributed by atoms with Gasteiger partial charge in [0.1, 0.15) is 6.61 Å². The lowest BCUT2D eigenvalue weighted by Crippen LogP contribution is -2.18. The molecule has 0 unspecified atom stereocenters. The van der Waals surface area contributed by atoms with Crippen molar-refractivity contribution in [2.75, 3.05) is 39.6 Å². The molecular weight excluding hydrogens is 212 g/mol. The van der Waals surface area contributed by atoms with Gasteiger partial charge in [-0.05, 0) is 20.8 Å². The fourth-order valence-corrected chi connectivity index (χ4v) is 0.935. The minimum atomic E-state index is -0.343. The second kappa shape index (κ2) is 10.9. The molecule has 0 aliphatic carbocycles. The highest BCUT2D eigenvalue weighted by Crippen LogP contribution is 1.90. The van der Waals surface area contributed by atoms with Crippen LogP contribution in [0.4, 0.5) is 0 Å². The topological polar surface area (TPSA) is 54.0 Å². The molecule has 0 aliphatic heterocycles. The Morgan fingerprint density at radius 3 is 2.12 bits per heavy atom. The Morgan fingerprint density at radius 1 is 1.00 bits per heavy atom. The van der Waals surface area contributed by atoms with Crippen molar-refractivity contribution in [2.24, 2.45) is 0 Å². The number of carbonyl (C=O) groups is 1. The van der Waals surface area contributed by atoms with Gasteiger partial charge >= 0.3 is 5.97 Å². The smallest absolute Gasteiger partial charge is 0.332 e. The molecule has 0 aliphatic rings. The van der Waals surface area contributed by atoms with E-state index in [0.29, 0.717) is 33.0 Å². The zero-order valence-electron chi connectivity index (χ0n) is 10.4. The molecule has 5 heteroatoms. The molecule has 0 aromatic rings. The van der Waals surface area contributed by atoms with Crippen LogP contribution in [-0.2, 0) is 23.7 Å². The number of rotatable bonds is 10. The molecule has 0 aromatic heterocycles. The van der Waals surface area contributed by atoms with E-state index in [1.54, 1.807) is 13.8 Å². The van der Waals surface area contributed by atoms with Gasteiger partial charge in [-0.3, -0.25) is 0 Å². The van der Waals surface area contributed by atoms with E-state index in [1.165, 1.54) is 0 Å². The van der Waals surface area contributed by atoms with Crippen molar-refractivity contribution in [1.29, 1.82) is 0 Å². The molecule has 0 N–H and O–H groups in total. The summed E-state index contributed by atoms with van der Waals surface area (Å²) in [7, 11) is 0. The summed E-state index contributed by atoms with van der Waals surface area (Å²) in [4.78, 5) is 11.0. The first-order valence-corrected chi connectivity index (χ1v) is 5.59. The van der Waals surface area contributed by atoms with Gasteiger partial charge in [-0.2, -0.15) is 0 Å². The lowest BCUT2D eigenvalue weighted by Gasteiger charge is -2.08. The van der Waals surface area contributed by atoms with Crippen LogP contribution in [-0.4, -0.2) is 51.7 Å². The van der Waals surface area contributed by atoms with Gasteiger partial charge < -0.3 is 18.9 Å². The first-order valence-electron chi connectivity index (χ1n) is 5.59. The third kappa shape index (κ3) is 11.4. The molecule has 96 valence electrons. The second-order valence-corrected chi connectivity index (χ2v) is 3.40. The van der Waals surface area contributed by atoms with Crippen LogP contribution in [0, 0.1) is 0 Å². The molecule has 0 rings (SSSR count). The molecule has 0 amide bonds. The molecule has 0 radical (unpaired) electrons. The van der Waals surface area contributed by atoms with Crippen molar-refractivity contribution in [3.8, 4) is 0 Å². The highest BCUT2D eigenvalue weighted by atomic mass is 16.6. The standard InChI is InChI=1S/C11H22O5/c1-4-13-5-6-14-7-8-15-9-11(12)16-10(2)3/h10H,4-9H2,1-3H3. The van der Waals surface area contributed by atoms with E-state index in [0.717, 1.165) is 0 Å². The van der Waals surface area contributed by atoms with Gasteiger partial charge in [0.2, 0.25) is 0 Å². The molecule has 0 bridgehead atoms. The van der Waals surface area contributed by atoms with E-state index >= 15 is 0 Å². The van der Waals surface area contributed by atoms with E-state index in [1.807, 2.05) is 6.92 Å². The van der Waals surface area contributed by atoms with Crippen LogP contribution >= 0.6 is 0 Å². The predicted octanol–water partition coefficient (Wildman–Crippen LogP) is 1.01. The van der Waals surface area contributed by atoms with Crippen LogP contribution in [0.5, 0.6) is 0 Å². The average molecular weight is 234 g/mol. The maximum atomic E-state index is 11.0. The van der Waals surface area contributed by atoms with E-state index in [2.05, 4.69) is 0 Å². The molecule has 0 spiro atoms. The Morgan fingerprint density at radius 2 is 1.56 bits per heavy atom. The van der Waals surface area contributed by atoms with Crippen LogP contribution in [0.1, 0.15) is 20.8 Å². The maximum Gasteiger partial charge on any atom is 0.332 e. The van der Waals surface area contributed by atoms with Gasteiger partial charge in [0, 0.05) is 6.61 Å². The Kier molecular flexibility index (Phi) is 10.4. The predicted molar refractivity (Wildman–Crippen MR) is 59.4 cm³/mol. The Balaban J connectivity index is 3.11. The molecule has 0 aromatic carbocycles. The minimum Gasteiger partial charge on any atom is -0.461 e. The van der Waals surface area contributed by atoms with Crippen LogP contribution in [0.15, 0.2) is 0 Å². The normalized spacial score (nSPS) is 10.8. The van der Waals surface area contributed by atoms with Crippen molar-refractivity contribution in [2.45, 2.75) is 26.9 Å². The Bertz CT molecular complexity index is 170. The maximum absolute atomic E-state index is 11.0. The summed E-state index contributed by atoms with van der Waals surface area (Å²) in [5, 5.41) is 0. The van der Waals surface area contributed by atoms with Gasteiger partial charge in [-0.15, -0.1) is 0 Å². The van der Waals surface area contributed by atoms with E-state index in [-0.39, 0.29) is 18.7 Å². The third-order valence-electron chi connectivity index (χ3n) is 1.54. The number of ether oxygens (including phenoxy) is 4. The van der Waals surface area contributed by atoms with Gasteiger partial charge in [0.05, 0.1) is 32.5 Å². The fraction of sp³-hybridized carbons (Fsp3) is 0.909. The van der Waals surface area contributed by atoms with Crippen LogP contribution in [0.25, 0.3) is 0 Å². The van der Waals surface area contributed by atoms with E-state index in [9.17, 15) is 4.79 Å². The van der Waals surface area contributed by atoms with Crippen molar-refractivity contribution in [3.05, 3.63) is 0 Å². The first kappa shape index (κ1) is 15.3. The quantitative estimate of drug-likeness (QED) is 0.417. The van der Waals surface area contributed by atoms with Gasteiger partial charge in [0.25, 0.3) is 0 Å². The number of esters is 1. The van der Waals surface area contributed by atoms with Crippen LogP contribution in [0.2, 0.25) is 0 Å². The highest BCUT2D eigenvalue weighted by molar-refractivity contribution is 5.70. The van der Waals surface area contributed by atoms with Crippen LogP contribution in [0.3, 0.4) is 0 Å². The number of carbonyl (C=O) groups excluding carboxylic acids is 1. The van der Waals surface area contributed by atoms with Gasteiger partial charge in [0.15, 0.2) is 0 Å². The minimum absolute atomic E-state index is 0.0208. The zero-order valence-corrected chi connectivity index (χ0v) is 10.4. The molecule has 16 heavy (non-hydrogen) atoms. The largest absolute Gasteiger partial charge is 0.461 e. The van der Waals surface area contributed by atoms with E-state index in [4.69, 9.17) is 18.9 Å². The van der Waals surface area contributed by atoms with E-state index < -0.39 is 0 Å². The lowest BCUT2D eigenvalue weighted by molar-refractivity contribution is -0.153. The second-order valence-electron chi connectivity index (χ2n) is 3.40. The fourth-order valence-electron chi connectivity index (χ4n) is 0.935. The highest BCUT2D eigenvalue weighted by Gasteiger charge is 2.04. The third-order valence-corrected chi connectivity index (χ3v) is 1.54. The SMILES string of the molecule is CCOCCOCCOCC(=O)OC(C)C. The summed E-state index contributed by atoms with van der Waals surface area (Å²) >= 11 is 0. The summed E-state index contributed by atoms with van der Waals surface area (Å²) in [5.74, 6) is -0.343. The summed E-state index contributed by atoms with van der Waals surface area (Å²) in [5.41, 5.74) is 0. The van der Waals surface area contributed by atoms with Crippen molar-refractivity contribution < 1.29 is 23.7 Å². The summed E-state index contributed by atoms with van der Waals surface area (Å²) in [6, 6.07) is 0. The van der Waals surface area contributed by atoms with Crippen LogP contribution < -0.4 is 0 Å². The zero-order chi connectivity index (χ0) is 12.2. The average Bonchev–Trinajstić information content (AvgIpc) is 2.21. The number of hydrogen-bond acceptors (Lipinski definition) is 5. The van der Waals surface area contributed by atoms with Gasteiger partial charge in [-0.1, -0.05) is 0 Å². The molecule has 0 saturated carbocycles. The molecule has 0 saturated heterocycles. The molecule has 5 nitrogen and oxygen atoms in total. The Labute approximate surface area is 97.0 Å². The van der Waals surface area contributed by atoms with Crippen molar-refractivity contribution >= 4 is 5.97 Å². The molecule has 0 fully saturated rings. The summed E-state index contributed by atoms with van der Waals surface area (Å²) in [6.45, 7) is 8.20. The molecular formula is C11H22O5. The summed E-state index contributed by atoms with van der Waals surface area (Å²) in [6.07, 6.45) is -0.0986. The van der Waals surface area contributed by atoms with Crippen molar-refractivity contribution in [3.63, 3.8) is 0 Å². The molecule has 0 heterocycles. The molecule has 0 atom stereocenters. The van der Waals surface area contributed by atoms with Gasteiger partial charge in [-0.25, -0.2) is 4.79 Å². The number of hydrogen-bond donors (Lipinski definition) is 0. The Hall–Kier alpha value is -0.650. The van der Waals surface area contributed by atoms with Crippen molar-refractivity contribution in [1.82, 2.24) is 0 Å². The first-order chi connectivity index (χ1) is 7.66.